The van der Waals surface area contributed by atoms with Gasteiger partial charge in [0, 0.05) is 12.6 Å². The van der Waals surface area contributed by atoms with Gasteiger partial charge in [0.1, 0.15) is 11.5 Å². The van der Waals surface area contributed by atoms with E-state index in [-0.39, 0.29) is 5.91 Å². The highest BCUT2D eigenvalue weighted by Gasteiger charge is 2.08. The SMILES string of the molecule is Cc1ccccc1CNC(=O)c1cc(N)n[nH]1. The van der Waals surface area contributed by atoms with E-state index < -0.39 is 0 Å². The zero-order chi connectivity index (χ0) is 12.3. The lowest BCUT2D eigenvalue weighted by molar-refractivity contribution is 0.0946. The monoisotopic (exact) mass is 230 g/mol. The van der Waals surface area contributed by atoms with Crippen LogP contribution in [0.3, 0.4) is 0 Å². The Hall–Kier alpha value is -2.30. The van der Waals surface area contributed by atoms with Crippen LogP contribution < -0.4 is 11.1 Å². The van der Waals surface area contributed by atoms with Crippen molar-refractivity contribution in [2.45, 2.75) is 13.5 Å². The minimum atomic E-state index is -0.211. The number of H-pyrrole nitrogens is 1. The molecule has 17 heavy (non-hydrogen) atoms. The molecule has 0 radical (unpaired) electrons. The van der Waals surface area contributed by atoms with Gasteiger partial charge in [-0.2, -0.15) is 5.10 Å². The van der Waals surface area contributed by atoms with Gasteiger partial charge in [-0.3, -0.25) is 9.89 Å². The van der Waals surface area contributed by atoms with Gasteiger partial charge < -0.3 is 11.1 Å². The lowest BCUT2D eigenvalue weighted by Gasteiger charge is -2.06. The average molecular weight is 230 g/mol. The lowest BCUT2D eigenvalue weighted by Crippen LogP contribution is -2.23. The third kappa shape index (κ3) is 2.63. The largest absolute Gasteiger partial charge is 0.382 e. The summed E-state index contributed by atoms with van der Waals surface area (Å²) in [5, 5.41) is 9.07. The van der Waals surface area contributed by atoms with Crippen LogP contribution in [0.25, 0.3) is 0 Å². The van der Waals surface area contributed by atoms with Crippen molar-refractivity contribution in [2.75, 3.05) is 5.73 Å². The van der Waals surface area contributed by atoms with Crippen LogP contribution in [-0.4, -0.2) is 16.1 Å². The molecule has 1 heterocycles. The maximum atomic E-state index is 11.7. The molecule has 2 rings (SSSR count). The second-order valence-corrected chi connectivity index (χ2v) is 3.82. The van der Waals surface area contributed by atoms with E-state index in [4.69, 9.17) is 5.73 Å². The zero-order valence-electron chi connectivity index (χ0n) is 9.53. The van der Waals surface area contributed by atoms with Gasteiger partial charge in [0.05, 0.1) is 0 Å². The Balaban J connectivity index is 1.99. The summed E-state index contributed by atoms with van der Waals surface area (Å²) in [6, 6.07) is 9.42. The van der Waals surface area contributed by atoms with Crippen LogP contribution in [0, 0.1) is 6.92 Å². The molecule has 0 saturated carbocycles. The number of nitrogens with two attached hydrogens (primary N) is 1. The predicted octanol–water partition coefficient (Wildman–Crippen LogP) is 1.23. The van der Waals surface area contributed by atoms with E-state index in [2.05, 4.69) is 15.5 Å². The van der Waals surface area contributed by atoms with E-state index in [9.17, 15) is 4.79 Å². The molecule has 0 aliphatic carbocycles. The molecule has 88 valence electrons. The van der Waals surface area contributed by atoms with Gasteiger partial charge in [0.15, 0.2) is 0 Å². The van der Waals surface area contributed by atoms with Gasteiger partial charge in [-0.1, -0.05) is 24.3 Å². The molecule has 0 unspecified atom stereocenters. The van der Waals surface area contributed by atoms with Crippen LogP contribution in [0.15, 0.2) is 30.3 Å². The number of aryl methyl sites for hydroxylation is 1. The van der Waals surface area contributed by atoms with Crippen LogP contribution in [0.1, 0.15) is 21.6 Å². The fourth-order valence-electron chi connectivity index (χ4n) is 1.53. The van der Waals surface area contributed by atoms with Crippen molar-refractivity contribution >= 4 is 11.7 Å². The highest BCUT2D eigenvalue weighted by Crippen LogP contribution is 2.07. The van der Waals surface area contributed by atoms with Crippen LogP contribution in [-0.2, 0) is 6.54 Å². The summed E-state index contributed by atoms with van der Waals surface area (Å²) in [6.07, 6.45) is 0. The summed E-state index contributed by atoms with van der Waals surface area (Å²) in [4.78, 5) is 11.7. The van der Waals surface area contributed by atoms with Crippen molar-refractivity contribution in [1.82, 2.24) is 15.5 Å². The summed E-state index contributed by atoms with van der Waals surface area (Å²) in [5.41, 5.74) is 8.04. The summed E-state index contributed by atoms with van der Waals surface area (Å²) in [6.45, 7) is 2.50. The molecule has 0 aliphatic rings. The van der Waals surface area contributed by atoms with Crippen molar-refractivity contribution < 1.29 is 4.79 Å². The van der Waals surface area contributed by atoms with Gasteiger partial charge in [-0.15, -0.1) is 0 Å². The van der Waals surface area contributed by atoms with E-state index >= 15 is 0 Å². The molecular weight excluding hydrogens is 216 g/mol. The molecule has 0 bridgehead atoms. The minimum Gasteiger partial charge on any atom is -0.382 e. The van der Waals surface area contributed by atoms with Crippen LogP contribution in [0.2, 0.25) is 0 Å². The van der Waals surface area contributed by atoms with Gasteiger partial charge in [0.25, 0.3) is 5.91 Å². The Bertz CT molecular complexity index is 533. The molecule has 0 atom stereocenters. The highest BCUT2D eigenvalue weighted by molar-refractivity contribution is 5.92. The second kappa shape index (κ2) is 4.69. The highest BCUT2D eigenvalue weighted by atomic mass is 16.1. The van der Waals surface area contributed by atoms with Crippen molar-refractivity contribution in [3.8, 4) is 0 Å². The Labute approximate surface area is 99.0 Å². The third-order valence-electron chi connectivity index (χ3n) is 2.54. The van der Waals surface area contributed by atoms with Crippen LogP contribution >= 0.6 is 0 Å². The average Bonchev–Trinajstić information content (AvgIpc) is 2.74. The van der Waals surface area contributed by atoms with Gasteiger partial charge in [0.2, 0.25) is 0 Å². The Morgan fingerprint density at radius 2 is 2.24 bits per heavy atom. The first-order valence-corrected chi connectivity index (χ1v) is 5.30. The molecule has 1 aromatic carbocycles. The van der Waals surface area contributed by atoms with E-state index in [1.54, 1.807) is 0 Å². The Morgan fingerprint density at radius 3 is 2.88 bits per heavy atom. The predicted molar refractivity (Wildman–Crippen MR) is 65.3 cm³/mol. The van der Waals surface area contributed by atoms with E-state index in [1.165, 1.54) is 6.07 Å². The summed E-state index contributed by atoms with van der Waals surface area (Å²) >= 11 is 0. The van der Waals surface area contributed by atoms with Crippen LogP contribution in [0.4, 0.5) is 5.82 Å². The number of carbonyl (C=O) groups excluding carboxylic acids is 1. The number of carbonyl (C=O) groups is 1. The standard InChI is InChI=1S/C12H14N4O/c1-8-4-2-3-5-9(8)7-14-12(17)10-6-11(13)16-15-10/h2-6H,7H2,1H3,(H,14,17)(H3,13,15,16). The molecule has 0 saturated heterocycles. The number of aromatic amines is 1. The van der Waals surface area contributed by atoms with Crippen molar-refractivity contribution in [2.24, 2.45) is 0 Å². The first kappa shape index (κ1) is 11.2. The summed E-state index contributed by atoms with van der Waals surface area (Å²) < 4.78 is 0. The zero-order valence-corrected chi connectivity index (χ0v) is 9.53. The third-order valence-corrected chi connectivity index (χ3v) is 2.54. The number of nitrogens with one attached hydrogen (secondary N) is 2. The molecule has 0 spiro atoms. The van der Waals surface area contributed by atoms with Crippen LogP contribution in [0.5, 0.6) is 0 Å². The first-order valence-electron chi connectivity index (χ1n) is 5.30. The number of amides is 1. The number of rotatable bonds is 3. The minimum absolute atomic E-state index is 0.211. The van der Waals surface area contributed by atoms with Gasteiger partial charge >= 0.3 is 0 Å². The molecule has 5 heteroatoms. The van der Waals surface area contributed by atoms with E-state index in [0.29, 0.717) is 18.1 Å². The number of benzene rings is 1. The molecule has 0 aliphatic heterocycles. The smallest absolute Gasteiger partial charge is 0.269 e. The molecule has 0 fully saturated rings. The number of nitrogens with zero attached hydrogens (tertiary/aromatic N) is 1. The molecular formula is C12H14N4O. The summed E-state index contributed by atoms with van der Waals surface area (Å²) in [7, 11) is 0. The van der Waals surface area contributed by atoms with E-state index in [1.807, 2.05) is 31.2 Å². The second-order valence-electron chi connectivity index (χ2n) is 3.82. The first-order chi connectivity index (χ1) is 8.16. The number of hydrogen-bond donors (Lipinski definition) is 3. The number of nitrogen functional groups attached to an aromatic ring is 1. The van der Waals surface area contributed by atoms with Crippen molar-refractivity contribution in [1.29, 1.82) is 0 Å². The fourth-order valence-corrected chi connectivity index (χ4v) is 1.53. The molecule has 1 aromatic heterocycles. The summed E-state index contributed by atoms with van der Waals surface area (Å²) in [5.74, 6) is 0.100. The number of anilines is 1. The molecule has 4 N–H and O–H groups in total. The quantitative estimate of drug-likeness (QED) is 0.741. The van der Waals surface area contributed by atoms with Gasteiger partial charge in [-0.05, 0) is 18.1 Å². The maximum Gasteiger partial charge on any atom is 0.269 e. The topological polar surface area (TPSA) is 83.8 Å². The Morgan fingerprint density at radius 1 is 1.47 bits per heavy atom. The molecule has 1 amide bonds. The molecule has 5 nitrogen and oxygen atoms in total. The lowest BCUT2D eigenvalue weighted by atomic mass is 10.1. The normalized spacial score (nSPS) is 10.2. The fraction of sp³-hybridized carbons (Fsp3) is 0.167. The Kier molecular flexibility index (Phi) is 3.09. The maximum absolute atomic E-state index is 11.7. The number of aromatic nitrogens is 2. The van der Waals surface area contributed by atoms with Crippen molar-refractivity contribution in [3.05, 3.63) is 47.2 Å². The van der Waals surface area contributed by atoms with E-state index in [0.717, 1.165) is 11.1 Å². The van der Waals surface area contributed by atoms with Gasteiger partial charge in [-0.25, -0.2) is 0 Å². The number of hydrogen-bond acceptors (Lipinski definition) is 3. The molecule has 2 aromatic rings. The van der Waals surface area contributed by atoms with Crippen molar-refractivity contribution in [3.63, 3.8) is 0 Å².